The standard InChI is InChI=1S/C26H36N2O5S/c1-17(2)10-15-28-23(31)21(16-22(29)30)34-24(28)20-9-7-6-8-19(20)18-11-13-27(14-12-18)25(32)33-26(3,4)5/h6-9,18,21,24H,1,10-16H2,2-5H3,(H,29,30)/t21-,24?/m0/s1. The largest absolute Gasteiger partial charge is 0.481 e. The van der Waals surface area contributed by atoms with Crippen LogP contribution < -0.4 is 0 Å². The number of benzene rings is 1. The topological polar surface area (TPSA) is 87.2 Å². The SMILES string of the molecule is C=C(C)CCN1C(=O)[C@H](CC(=O)O)SC1c1ccccc1C1CCN(C(=O)OC(C)(C)C)CC1. The van der Waals surface area contributed by atoms with Gasteiger partial charge in [-0.15, -0.1) is 18.3 Å². The summed E-state index contributed by atoms with van der Waals surface area (Å²) in [5.41, 5.74) is 2.70. The van der Waals surface area contributed by atoms with Crippen molar-refractivity contribution in [3.05, 3.63) is 47.5 Å². The zero-order valence-corrected chi connectivity index (χ0v) is 21.4. The maximum atomic E-state index is 13.1. The Morgan fingerprint density at radius 2 is 1.79 bits per heavy atom. The van der Waals surface area contributed by atoms with Crippen molar-refractivity contribution in [1.29, 1.82) is 0 Å². The Bertz CT molecular complexity index is 933. The summed E-state index contributed by atoms with van der Waals surface area (Å²) in [5.74, 6) is -0.825. The molecule has 1 aromatic rings. The smallest absolute Gasteiger partial charge is 0.410 e. The molecule has 7 nitrogen and oxygen atoms in total. The fourth-order valence-electron chi connectivity index (χ4n) is 4.47. The number of hydrogen-bond donors (Lipinski definition) is 1. The van der Waals surface area contributed by atoms with Crippen molar-refractivity contribution in [3.8, 4) is 0 Å². The zero-order chi connectivity index (χ0) is 25.0. The first kappa shape index (κ1) is 26.1. The van der Waals surface area contributed by atoms with Crippen LogP contribution in [0.25, 0.3) is 0 Å². The van der Waals surface area contributed by atoms with Gasteiger partial charge in [-0.3, -0.25) is 9.59 Å². The number of carbonyl (C=O) groups excluding carboxylic acids is 2. The molecule has 2 atom stereocenters. The average molecular weight is 489 g/mol. The third-order valence-electron chi connectivity index (χ3n) is 6.12. The summed E-state index contributed by atoms with van der Waals surface area (Å²) in [6.07, 6.45) is 1.84. The van der Waals surface area contributed by atoms with Gasteiger partial charge in [0.2, 0.25) is 5.91 Å². The fourth-order valence-corrected chi connectivity index (χ4v) is 5.99. The molecular weight excluding hydrogens is 452 g/mol. The van der Waals surface area contributed by atoms with E-state index in [9.17, 15) is 19.5 Å². The Labute approximate surface area is 206 Å². The Hall–Kier alpha value is -2.48. The number of amides is 2. The summed E-state index contributed by atoms with van der Waals surface area (Å²) >= 11 is 1.43. The van der Waals surface area contributed by atoms with Gasteiger partial charge in [-0.2, -0.15) is 0 Å². The Morgan fingerprint density at radius 1 is 1.18 bits per heavy atom. The van der Waals surface area contributed by atoms with E-state index in [1.165, 1.54) is 17.3 Å². The van der Waals surface area contributed by atoms with E-state index in [1.807, 2.05) is 44.7 Å². The summed E-state index contributed by atoms with van der Waals surface area (Å²) in [6.45, 7) is 13.2. The lowest BCUT2D eigenvalue weighted by Crippen LogP contribution is -2.41. The van der Waals surface area contributed by atoms with E-state index in [4.69, 9.17) is 4.74 Å². The molecule has 2 amide bonds. The van der Waals surface area contributed by atoms with Crippen molar-refractivity contribution in [3.63, 3.8) is 0 Å². The second-order valence-corrected chi connectivity index (χ2v) is 11.5. The molecule has 0 aliphatic carbocycles. The molecule has 3 rings (SSSR count). The molecule has 0 spiro atoms. The molecule has 2 saturated heterocycles. The van der Waals surface area contributed by atoms with Crippen LogP contribution in [-0.4, -0.2) is 63.4 Å². The third-order valence-corrected chi connectivity index (χ3v) is 7.59. The molecule has 0 saturated carbocycles. The first-order valence-corrected chi connectivity index (χ1v) is 12.8. The number of thioether (sulfide) groups is 1. The predicted octanol–water partition coefficient (Wildman–Crippen LogP) is 5.18. The van der Waals surface area contributed by atoms with E-state index in [0.29, 0.717) is 26.1 Å². The Balaban J connectivity index is 1.79. The third kappa shape index (κ3) is 6.56. The van der Waals surface area contributed by atoms with Crippen LogP contribution in [0, 0.1) is 0 Å². The van der Waals surface area contributed by atoms with Crippen molar-refractivity contribution in [2.24, 2.45) is 0 Å². The number of ether oxygens (including phenoxy) is 1. The minimum absolute atomic E-state index is 0.117. The number of carbonyl (C=O) groups is 3. The van der Waals surface area contributed by atoms with Crippen molar-refractivity contribution in [2.45, 2.75) is 75.5 Å². The highest BCUT2D eigenvalue weighted by Gasteiger charge is 2.43. The molecular formula is C26H36N2O5S. The van der Waals surface area contributed by atoms with Crippen LogP contribution in [0.5, 0.6) is 0 Å². The van der Waals surface area contributed by atoms with Gasteiger partial charge in [0.15, 0.2) is 0 Å². The molecule has 2 heterocycles. The van der Waals surface area contributed by atoms with E-state index in [0.717, 1.165) is 24.0 Å². The molecule has 1 aromatic carbocycles. The molecule has 2 fully saturated rings. The van der Waals surface area contributed by atoms with Crippen molar-refractivity contribution in [1.82, 2.24) is 9.80 Å². The lowest BCUT2D eigenvalue weighted by molar-refractivity contribution is -0.140. The molecule has 1 N–H and O–H groups in total. The second kappa shape index (κ2) is 10.8. The van der Waals surface area contributed by atoms with Crippen molar-refractivity contribution >= 4 is 29.7 Å². The van der Waals surface area contributed by atoms with Crippen LogP contribution in [0.2, 0.25) is 0 Å². The highest BCUT2D eigenvalue weighted by atomic mass is 32.2. The maximum Gasteiger partial charge on any atom is 0.410 e. The van der Waals surface area contributed by atoms with E-state index in [2.05, 4.69) is 18.7 Å². The minimum Gasteiger partial charge on any atom is -0.481 e. The van der Waals surface area contributed by atoms with Crippen LogP contribution in [-0.2, 0) is 14.3 Å². The molecule has 8 heteroatoms. The van der Waals surface area contributed by atoms with E-state index >= 15 is 0 Å². The van der Waals surface area contributed by atoms with Gasteiger partial charge in [0.25, 0.3) is 0 Å². The molecule has 186 valence electrons. The summed E-state index contributed by atoms with van der Waals surface area (Å²) in [4.78, 5) is 40.5. The van der Waals surface area contributed by atoms with Gasteiger partial charge in [-0.05, 0) is 64.0 Å². The Morgan fingerprint density at radius 3 is 2.35 bits per heavy atom. The first-order valence-electron chi connectivity index (χ1n) is 11.8. The lowest BCUT2D eigenvalue weighted by Gasteiger charge is -2.35. The number of rotatable bonds is 7. The molecule has 2 aliphatic heterocycles. The molecule has 0 radical (unpaired) electrons. The number of carboxylic acids is 1. The normalized spacial score (nSPS) is 21.6. The fraction of sp³-hybridized carbons (Fsp3) is 0.577. The summed E-state index contributed by atoms with van der Waals surface area (Å²) in [5, 5.41) is 8.50. The molecule has 0 bridgehead atoms. The maximum absolute atomic E-state index is 13.1. The first-order chi connectivity index (χ1) is 16.0. The van der Waals surface area contributed by atoms with Crippen LogP contribution in [0.1, 0.15) is 75.8 Å². The predicted molar refractivity (Wildman–Crippen MR) is 134 cm³/mol. The number of likely N-dealkylation sites (tertiary alicyclic amines) is 1. The van der Waals surface area contributed by atoms with Crippen LogP contribution >= 0.6 is 11.8 Å². The minimum atomic E-state index is -0.964. The van der Waals surface area contributed by atoms with Crippen molar-refractivity contribution < 1.29 is 24.2 Å². The average Bonchev–Trinajstić information content (AvgIpc) is 3.05. The van der Waals surface area contributed by atoms with Crippen molar-refractivity contribution in [2.75, 3.05) is 19.6 Å². The van der Waals surface area contributed by atoms with Crippen LogP contribution in [0.15, 0.2) is 36.4 Å². The highest BCUT2D eigenvalue weighted by molar-refractivity contribution is 8.01. The molecule has 34 heavy (non-hydrogen) atoms. The van der Waals surface area contributed by atoms with Gasteiger partial charge < -0.3 is 19.6 Å². The van der Waals surface area contributed by atoms with Gasteiger partial charge >= 0.3 is 12.1 Å². The molecule has 0 aromatic heterocycles. The van der Waals surface area contributed by atoms with Gasteiger partial charge in [-0.1, -0.05) is 29.8 Å². The number of piperidine rings is 1. The number of aliphatic carboxylic acids is 1. The van der Waals surface area contributed by atoms with E-state index in [-0.39, 0.29) is 29.7 Å². The van der Waals surface area contributed by atoms with Crippen LogP contribution in [0.4, 0.5) is 4.79 Å². The summed E-state index contributed by atoms with van der Waals surface area (Å²) < 4.78 is 5.52. The van der Waals surface area contributed by atoms with Gasteiger partial charge in [0, 0.05) is 19.6 Å². The second-order valence-electron chi connectivity index (χ2n) is 10.2. The lowest BCUT2D eigenvalue weighted by atomic mass is 9.86. The highest BCUT2D eigenvalue weighted by Crippen LogP contribution is 2.47. The van der Waals surface area contributed by atoms with Crippen LogP contribution in [0.3, 0.4) is 0 Å². The molecule has 2 aliphatic rings. The van der Waals surface area contributed by atoms with E-state index in [1.54, 1.807) is 4.90 Å². The number of hydrogen-bond acceptors (Lipinski definition) is 5. The summed E-state index contributed by atoms with van der Waals surface area (Å²) in [7, 11) is 0. The quantitative estimate of drug-likeness (QED) is 0.532. The number of nitrogens with zero attached hydrogens (tertiary/aromatic N) is 2. The van der Waals surface area contributed by atoms with Gasteiger partial charge in [-0.25, -0.2) is 4.79 Å². The summed E-state index contributed by atoms with van der Waals surface area (Å²) in [6, 6.07) is 8.14. The van der Waals surface area contributed by atoms with Gasteiger partial charge in [0.05, 0.1) is 11.7 Å². The van der Waals surface area contributed by atoms with Gasteiger partial charge in [0.1, 0.15) is 11.0 Å². The zero-order valence-electron chi connectivity index (χ0n) is 20.6. The number of carboxylic acid groups (broad SMARTS) is 1. The molecule has 1 unspecified atom stereocenters. The van der Waals surface area contributed by atoms with E-state index < -0.39 is 16.8 Å². The monoisotopic (exact) mass is 488 g/mol. The Kier molecular flexibility index (Phi) is 8.34.